The average molecular weight is 681 g/mol. The molecular weight excluding hydrogens is 653 g/mol. The smallest absolute Gasteiger partial charge is 0.282 e. The molecule has 0 fully saturated rings. The van der Waals surface area contributed by atoms with Gasteiger partial charge in [0.2, 0.25) is 5.95 Å². The number of hydrogen-bond donors (Lipinski definition) is 0. The summed E-state index contributed by atoms with van der Waals surface area (Å²) in [4.78, 5) is 28.5. The molecule has 248 valence electrons. The van der Waals surface area contributed by atoms with E-state index in [4.69, 9.17) is 9.97 Å². The number of pyridine rings is 2. The normalized spacial score (nSPS) is 11.8. The average Bonchev–Trinajstić information content (AvgIpc) is 3.74. The van der Waals surface area contributed by atoms with Crippen LogP contribution >= 0.6 is 0 Å². The lowest BCUT2D eigenvalue weighted by Gasteiger charge is -2.13. The van der Waals surface area contributed by atoms with Crippen LogP contribution in [0.4, 0.5) is 0 Å². The lowest BCUT2D eigenvalue weighted by Crippen LogP contribution is -2.21. The van der Waals surface area contributed by atoms with Crippen LogP contribution in [0.3, 0.4) is 0 Å². The summed E-state index contributed by atoms with van der Waals surface area (Å²) >= 11 is 0. The molecule has 0 unspecified atom stereocenters. The van der Waals surface area contributed by atoms with E-state index in [1.165, 1.54) is 21.8 Å². The topological polar surface area (TPSA) is 70.5 Å². The maximum absolute atomic E-state index is 14.3. The Labute approximate surface area is 302 Å². The summed E-state index contributed by atoms with van der Waals surface area (Å²) in [6.07, 6.45) is 5.23. The zero-order chi connectivity index (χ0) is 35.0. The van der Waals surface area contributed by atoms with Crippen molar-refractivity contribution < 1.29 is 0 Å². The first-order chi connectivity index (χ1) is 26.2. The largest absolute Gasteiger partial charge is 0.309 e. The Morgan fingerprint density at radius 2 is 0.943 bits per heavy atom. The summed E-state index contributed by atoms with van der Waals surface area (Å²) in [5.74, 6) is 0.441. The zero-order valence-corrected chi connectivity index (χ0v) is 28.3. The quantitative estimate of drug-likeness (QED) is 0.174. The first kappa shape index (κ1) is 29.4. The van der Waals surface area contributed by atoms with Crippen LogP contribution < -0.4 is 5.56 Å². The van der Waals surface area contributed by atoms with Crippen molar-refractivity contribution >= 4 is 65.4 Å². The van der Waals surface area contributed by atoms with E-state index in [0.717, 1.165) is 49.7 Å². The van der Waals surface area contributed by atoms with Crippen LogP contribution in [0.25, 0.3) is 93.9 Å². The van der Waals surface area contributed by atoms with Gasteiger partial charge in [0.15, 0.2) is 0 Å². The molecule has 5 heterocycles. The molecular formula is C46H28N6O. The van der Waals surface area contributed by atoms with Gasteiger partial charge in [-0.25, -0.2) is 9.97 Å². The van der Waals surface area contributed by atoms with Crippen molar-refractivity contribution in [2.75, 3.05) is 0 Å². The maximum atomic E-state index is 14.3. The molecule has 0 N–H and O–H groups in total. The number of fused-ring (bicyclic) bond motifs is 9. The second-order valence-electron chi connectivity index (χ2n) is 13.3. The van der Waals surface area contributed by atoms with Crippen molar-refractivity contribution in [3.8, 4) is 28.5 Å². The molecule has 53 heavy (non-hydrogen) atoms. The lowest BCUT2D eigenvalue weighted by molar-refractivity contribution is 0.990. The molecule has 0 spiro atoms. The molecule has 0 saturated heterocycles. The minimum absolute atomic E-state index is 0.220. The van der Waals surface area contributed by atoms with Gasteiger partial charge in [0.05, 0.1) is 33.8 Å². The van der Waals surface area contributed by atoms with E-state index in [2.05, 4.69) is 123 Å². The van der Waals surface area contributed by atoms with E-state index in [1.54, 1.807) is 23.2 Å². The third-order valence-electron chi connectivity index (χ3n) is 10.4. The van der Waals surface area contributed by atoms with Gasteiger partial charge < -0.3 is 4.57 Å². The molecule has 0 atom stereocenters. The number of aromatic nitrogens is 6. The third kappa shape index (κ3) is 4.34. The van der Waals surface area contributed by atoms with Gasteiger partial charge in [-0.1, -0.05) is 84.9 Å². The Morgan fingerprint density at radius 3 is 1.60 bits per heavy atom. The van der Waals surface area contributed by atoms with Crippen molar-refractivity contribution in [3.05, 3.63) is 181 Å². The SMILES string of the molecule is O=c1c2nc(-n3c4ccccc4c4cc(-c5ccc6c(c5)c5ccccc5n6-c5ccccc5)ccc43)ncc2c2ccncc2n1-c1ccccc1. The van der Waals surface area contributed by atoms with Gasteiger partial charge in [-0.05, 0) is 77.9 Å². The monoisotopic (exact) mass is 680 g/mol. The minimum Gasteiger partial charge on any atom is -0.309 e. The fraction of sp³-hybridized carbons (Fsp3) is 0. The minimum atomic E-state index is -0.220. The van der Waals surface area contributed by atoms with Crippen molar-refractivity contribution in [2.45, 2.75) is 0 Å². The summed E-state index contributed by atoms with van der Waals surface area (Å²) < 4.78 is 6.09. The molecule has 0 aliphatic rings. The summed E-state index contributed by atoms with van der Waals surface area (Å²) in [7, 11) is 0. The molecule has 0 saturated carbocycles. The summed E-state index contributed by atoms with van der Waals surface area (Å²) in [6.45, 7) is 0. The first-order valence-electron chi connectivity index (χ1n) is 17.6. The van der Waals surface area contributed by atoms with Crippen LogP contribution in [0, 0.1) is 0 Å². The first-order valence-corrected chi connectivity index (χ1v) is 17.6. The van der Waals surface area contributed by atoms with Gasteiger partial charge in [0.1, 0.15) is 5.52 Å². The van der Waals surface area contributed by atoms with Crippen LogP contribution in [0.15, 0.2) is 175 Å². The Kier molecular flexibility index (Phi) is 6.27. The maximum Gasteiger partial charge on any atom is 0.282 e. The molecule has 11 aromatic rings. The van der Waals surface area contributed by atoms with Gasteiger partial charge in [-0.3, -0.25) is 18.9 Å². The highest BCUT2D eigenvalue weighted by Crippen LogP contribution is 2.38. The van der Waals surface area contributed by atoms with Crippen molar-refractivity contribution in [1.29, 1.82) is 0 Å². The van der Waals surface area contributed by atoms with E-state index < -0.39 is 0 Å². The Morgan fingerprint density at radius 1 is 0.415 bits per heavy atom. The van der Waals surface area contributed by atoms with Crippen LogP contribution in [0.2, 0.25) is 0 Å². The van der Waals surface area contributed by atoms with Crippen LogP contribution in [0.5, 0.6) is 0 Å². The van der Waals surface area contributed by atoms with E-state index in [0.29, 0.717) is 22.4 Å². The number of para-hydroxylation sites is 4. The van der Waals surface area contributed by atoms with Crippen LogP contribution in [-0.2, 0) is 0 Å². The van der Waals surface area contributed by atoms with Gasteiger partial charge >= 0.3 is 0 Å². The van der Waals surface area contributed by atoms with E-state index >= 15 is 0 Å². The highest BCUT2D eigenvalue weighted by atomic mass is 16.1. The lowest BCUT2D eigenvalue weighted by atomic mass is 10.0. The standard InChI is InChI=1S/C46H28N6O/c53-45-44-38(35-23-24-47-28-43(35)51(45)32-13-5-2-6-14-32)27-48-46(49-44)52-40-18-10-8-16-34(40)37-26-30(20-22-42(37)52)29-19-21-41-36(25-29)33-15-7-9-17-39(33)50(41)31-11-3-1-4-12-31/h1-28H. The van der Waals surface area contributed by atoms with Crippen LogP contribution in [-0.4, -0.2) is 28.7 Å². The van der Waals surface area contributed by atoms with Gasteiger partial charge in [-0.15, -0.1) is 0 Å². The highest BCUT2D eigenvalue weighted by Gasteiger charge is 2.19. The van der Waals surface area contributed by atoms with Gasteiger partial charge in [-0.2, -0.15) is 0 Å². The predicted molar refractivity (Wildman–Crippen MR) is 215 cm³/mol. The molecule has 11 rings (SSSR count). The van der Waals surface area contributed by atoms with Crippen molar-refractivity contribution in [2.24, 2.45) is 0 Å². The number of rotatable bonds is 4. The number of nitrogens with zero attached hydrogens (tertiary/aromatic N) is 6. The molecule has 0 bridgehead atoms. The predicted octanol–water partition coefficient (Wildman–Crippen LogP) is 10.2. The highest BCUT2D eigenvalue weighted by molar-refractivity contribution is 6.13. The van der Waals surface area contributed by atoms with Gasteiger partial charge in [0, 0.05) is 56.1 Å². The molecule has 0 radical (unpaired) electrons. The van der Waals surface area contributed by atoms with Crippen molar-refractivity contribution in [1.82, 2.24) is 28.7 Å². The fourth-order valence-corrected chi connectivity index (χ4v) is 8.06. The Hall–Kier alpha value is -7.38. The fourth-order valence-electron chi connectivity index (χ4n) is 8.06. The number of benzene rings is 6. The summed E-state index contributed by atoms with van der Waals surface area (Å²) in [5, 5.41) is 6.14. The van der Waals surface area contributed by atoms with Crippen LogP contribution in [0.1, 0.15) is 0 Å². The molecule has 0 amide bonds. The van der Waals surface area contributed by atoms with Gasteiger partial charge in [0.25, 0.3) is 5.56 Å². The summed E-state index contributed by atoms with van der Waals surface area (Å²) in [5.41, 5.74) is 9.26. The second kappa shape index (κ2) is 11.3. The van der Waals surface area contributed by atoms with Crippen molar-refractivity contribution in [3.63, 3.8) is 0 Å². The molecule has 0 aliphatic heterocycles. The third-order valence-corrected chi connectivity index (χ3v) is 10.4. The molecule has 0 aliphatic carbocycles. The Bertz CT molecular complexity index is 3310. The molecule has 7 heteroatoms. The number of hydrogen-bond acceptors (Lipinski definition) is 4. The molecule has 7 nitrogen and oxygen atoms in total. The summed E-state index contributed by atoms with van der Waals surface area (Å²) in [6, 6.07) is 52.3. The van der Waals surface area contributed by atoms with E-state index in [1.807, 2.05) is 42.5 Å². The Balaban J connectivity index is 1.11. The molecule has 5 aromatic heterocycles. The molecule has 6 aromatic carbocycles. The van der Waals surface area contributed by atoms with E-state index in [-0.39, 0.29) is 5.56 Å². The zero-order valence-electron chi connectivity index (χ0n) is 28.3. The van der Waals surface area contributed by atoms with E-state index in [9.17, 15) is 4.79 Å². The second-order valence-corrected chi connectivity index (χ2v) is 13.3.